The zero-order chi connectivity index (χ0) is 18.8. The monoisotopic (exact) mass is 347 g/mol. The third-order valence-corrected chi connectivity index (χ3v) is 4.17. The van der Waals surface area contributed by atoms with Gasteiger partial charge in [-0.15, -0.1) is 0 Å². The van der Waals surface area contributed by atoms with E-state index in [9.17, 15) is 9.59 Å². The van der Waals surface area contributed by atoms with Gasteiger partial charge in [0.2, 0.25) is 5.91 Å². The maximum Gasteiger partial charge on any atom is 0.416 e. The number of rotatable bonds is 3. The molecule has 1 aliphatic rings. The summed E-state index contributed by atoms with van der Waals surface area (Å²) in [6, 6.07) is 3.64. The van der Waals surface area contributed by atoms with Gasteiger partial charge in [-0.1, -0.05) is 6.07 Å². The zero-order valence-electron chi connectivity index (χ0n) is 16.1. The Labute approximate surface area is 150 Å². The predicted octanol–water partition coefficient (Wildman–Crippen LogP) is 3.91. The second-order valence-corrected chi connectivity index (χ2v) is 7.73. The van der Waals surface area contributed by atoms with E-state index < -0.39 is 11.7 Å². The zero-order valence-corrected chi connectivity index (χ0v) is 16.1. The fourth-order valence-electron chi connectivity index (χ4n) is 3.19. The summed E-state index contributed by atoms with van der Waals surface area (Å²) in [4.78, 5) is 32.6. The van der Waals surface area contributed by atoms with Crippen LogP contribution in [-0.2, 0) is 9.53 Å². The molecule has 1 aromatic rings. The maximum absolute atomic E-state index is 12.8. The Hall–Kier alpha value is -2.11. The smallest absolute Gasteiger partial charge is 0.416 e. The molecule has 138 valence electrons. The first-order valence-electron chi connectivity index (χ1n) is 8.86. The maximum atomic E-state index is 12.8. The van der Waals surface area contributed by atoms with Crippen LogP contribution in [0.25, 0.3) is 0 Å². The normalized spacial score (nSPS) is 17.7. The van der Waals surface area contributed by atoms with Crippen molar-refractivity contribution in [2.24, 2.45) is 0 Å². The number of aromatic nitrogens is 1. The topological polar surface area (TPSA) is 62.7 Å². The quantitative estimate of drug-likeness (QED) is 0.831. The van der Waals surface area contributed by atoms with Crippen molar-refractivity contribution in [3.05, 3.63) is 23.9 Å². The molecule has 1 aliphatic heterocycles. The average Bonchev–Trinajstić information content (AvgIpc) is 2.95. The van der Waals surface area contributed by atoms with E-state index in [1.807, 2.05) is 51.7 Å². The van der Waals surface area contributed by atoms with Crippen molar-refractivity contribution in [2.45, 2.75) is 72.1 Å². The van der Waals surface area contributed by atoms with Crippen LogP contribution in [0.3, 0.4) is 0 Å². The number of amides is 2. The van der Waals surface area contributed by atoms with E-state index in [0.29, 0.717) is 5.82 Å². The Balaban J connectivity index is 2.43. The fraction of sp³-hybridized carbons (Fsp3) is 0.632. The molecule has 1 aromatic heterocycles. The number of anilines is 1. The highest BCUT2D eigenvalue weighted by Crippen LogP contribution is 2.37. The van der Waals surface area contributed by atoms with Gasteiger partial charge >= 0.3 is 6.09 Å². The van der Waals surface area contributed by atoms with Gasteiger partial charge in [0.1, 0.15) is 11.4 Å². The SMILES string of the molecule is CC(=O)N1CCCC1c1cccnc1N(C(=O)OC(C)(C)C)C(C)C. The van der Waals surface area contributed by atoms with Crippen LogP contribution in [0.4, 0.5) is 10.6 Å². The lowest BCUT2D eigenvalue weighted by Crippen LogP contribution is -2.42. The van der Waals surface area contributed by atoms with Crippen LogP contribution < -0.4 is 4.90 Å². The Morgan fingerprint density at radius 3 is 2.60 bits per heavy atom. The van der Waals surface area contributed by atoms with Crippen molar-refractivity contribution < 1.29 is 14.3 Å². The van der Waals surface area contributed by atoms with Crippen molar-refractivity contribution in [3.8, 4) is 0 Å². The van der Waals surface area contributed by atoms with Gasteiger partial charge in [-0.05, 0) is 53.5 Å². The third-order valence-electron chi connectivity index (χ3n) is 4.17. The van der Waals surface area contributed by atoms with Crippen LogP contribution in [-0.4, -0.2) is 40.1 Å². The molecule has 0 aromatic carbocycles. The highest BCUT2D eigenvalue weighted by molar-refractivity contribution is 5.88. The predicted molar refractivity (Wildman–Crippen MR) is 97.4 cm³/mol. The van der Waals surface area contributed by atoms with Gasteiger partial charge in [0.25, 0.3) is 0 Å². The average molecular weight is 347 g/mol. The van der Waals surface area contributed by atoms with Gasteiger partial charge in [0.05, 0.1) is 6.04 Å². The van der Waals surface area contributed by atoms with Crippen molar-refractivity contribution in [1.29, 1.82) is 0 Å². The molecule has 0 N–H and O–H groups in total. The fourth-order valence-corrected chi connectivity index (χ4v) is 3.19. The molecule has 1 unspecified atom stereocenters. The standard InChI is InChI=1S/C19H29N3O3/c1-13(2)22(18(24)25-19(4,5)6)17-15(9-7-11-20-17)16-10-8-12-21(16)14(3)23/h7,9,11,13,16H,8,10,12H2,1-6H3. The van der Waals surface area contributed by atoms with E-state index in [1.165, 1.54) is 0 Å². The van der Waals surface area contributed by atoms with Crippen molar-refractivity contribution >= 4 is 17.8 Å². The molecule has 0 aliphatic carbocycles. The lowest BCUT2D eigenvalue weighted by atomic mass is 10.0. The van der Waals surface area contributed by atoms with Gasteiger partial charge < -0.3 is 9.64 Å². The minimum Gasteiger partial charge on any atom is -0.443 e. The molecular weight excluding hydrogens is 318 g/mol. The Morgan fingerprint density at radius 2 is 2.04 bits per heavy atom. The number of carbonyl (C=O) groups is 2. The lowest BCUT2D eigenvalue weighted by Gasteiger charge is -2.32. The molecular formula is C19H29N3O3. The summed E-state index contributed by atoms with van der Waals surface area (Å²) in [7, 11) is 0. The van der Waals surface area contributed by atoms with Gasteiger partial charge in [-0.3, -0.25) is 9.69 Å². The molecule has 1 fully saturated rings. The van der Waals surface area contributed by atoms with Crippen LogP contribution in [0.1, 0.15) is 66.0 Å². The Morgan fingerprint density at radius 1 is 1.36 bits per heavy atom. The number of likely N-dealkylation sites (tertiary alicyclic amines) is 1. The lowest BCUT2D eigenvalue weighted by molar-refractivity contribution is -0.129. The summed E-state index contributed by atoms with van der Waals surface area (Å²) in [5.41, 5.74) is 0.313. The molecule has 0 spiro atoms. The highest BCUT2D eigenvalue weighted by atomic mass is 16.6. The largest absolute Gasteiger partial charge is 0.443 e. The highest BCUT2D eigenvalue weighted by Gasteiger charge is 2.34. The number of carbonyl (C=O) groups excluding carboxylic acids is 2. The number of hydrogen-bond donors (Lipinski definition) is 0. The van der Waals surface area contributed by atoms with Gasteiger partial charge in [0.15, 0.2) is 0 Å². The van der Waals surface area contributed by atoms with Crippen LogP contribution in [0.15, 0.2) is 18.3 Å². The molecule has 0 bridgehead atoms. The van der Waals surface area contributed by atoms with E-state index in [4.69, 9.17) is 4.74 Å². The number of hydrogen-bond acceptors (Lipinski definition) is 4. The van der Waals surface area contributed by atoms with E-state index in [2.05, 4.69) is 4.98 Å². The molecule has 0 saturated carbocycles. The van der Waals surface area contributed by atoms with Gasteiger partial charge in [0, 0.05) is 31.3 Å². The minimum absolute atomic E-state index is 0.0469. The van der Waals surface area contributed by atoms with E-state index in [0.717, 1.165) is 24.9 Å². The molecule has 1 saturated heterocycles. The second-order valence-electron chi connectivity index (χ2n) is 7.73. The summed E-state index contributed by atoms with van der Waals surface area (Å²) in [5.74, 6) is 0.621. The Kier molecular flexibility index (Phi) is 5.70. The molecule has 2 amide bonds. The summed E-state index contributed by atoms with van der Waals surface area (Å²) in [6.07, 6.45) is 3.08. The Bertz CT molecular complexity index is 637. The molecule has 6 nitrogen and oxygen atoms in total. The summed E-state index contributed by atoms with van der Waals surface area (Å²) in [5, 5.41) is 0. The van der Waals surface area contributed by atoms with Crippen molar-refractivity contribution in [3.63, 3.8) is 0 Å². The number of ether oxygens (including phenoxy) is 1. The van der Waals surface area contributed by atoms with Gasteiger partial charge in [-0.25, -0.2) is 9.78 Å². The molecule has 1 atom stereocenters. The summed E-state index contributed by atoms with van der Waals surface area (Å²) < 4.78 is 5.57. The number of pyridine rings is 1. The van der Waals surface area contributed by atoms with E-state index >= 15 is 0 Å². The van der Waals surface area contributed by atoms with Crippen LogP contribution in [0.5, 0.6) is 0 Å². The first kappa shape index (κ1) is 19.2. The van der Waals surface area contributed by atoms with Crippen LogP contribution in [0, 0.1) is 0 Å². The number of nitrogens with zero attached hydrogens (tertiary/aromatic N) is 3. The van der Waals surface area contributed by atoms with Crippen molar-refractivity contribution in [1.82, 2.24) is 9.88 Å². The first-order valence-corrected chi connectivity index (χ1v) is 8.86. The molecule has 25 heavy (non-hydrogen) atoms. The summed E-state index contributed by atoms with van der Waals surface area (Å²) in [6.45, 7) is 11.7. The first-order chi connectivity index (χ1) is 11.6. The van der Waals surface area contributed by atoms with Crippen molar-refractivity contribution in [2.75, 3.05) is 11.4 Å². The molecule has 0 radical (unpaired) electrons. The molecule has 6 heteroatoms. The second kappa shape index (κ2) is 7.42. The van der Waals surface area contributed by atoms with E-state index in [1.54, 1.807) is 18.0 Å². The van der Waals surface area contributed by atoms with Gasteiger partial charge in [-0.2, -0.15) is 0 Å². The minimum atomic E-state index is -0.585. The van der Waals surface area contributed by atoms with Crippen LogP contribution in [0.2, 0.25) is 0 Å². The third kappa shape index (κ3) is 4.50. The van der Waals surface area contributed by atoms with E-state index in [-0.39, 0.29) is 18.0 Å². The molecule has 2 rings (SSSR count). The molecule has 2 heterocycles. The summed E-state index contributed by atoms with van der Waals surface area (Å²) >= 11 is 0. The van der Waals surface area contributed by atoms with Crippen LogP contribution >= 0.6 is 0 Å².